The fourth-order valence-electron chi connectivity index (χ4n) is 2.11. The molecule has 1 rings (SSSR count). The molecule has 0 aromatic heterocycles. The molecule has 0 atom stereocenters. The van der Waals surface area contributed by atoms with Crippen LogP contribution in [0.2, 0.25) is 0 Å². The number of hydrogen-bond acceptors (Lipinski definition) is 2. The second kappa shape index (κ2) is 8.98. The molecule has 0 unspecified atom stereocenters. The van der Waals surface area contributed by atoms with Gasteiger partial charge in [0.1, 0.15) is 0 Å². The summed E-state index contributed by atoms with van der Waals surface area (Å²) in [6.45, 7) is 6.40. The molecule has 0 fully saturated rings. The normalized spacial score (nSPS) is 10.8. The van der Waals surface area contributed by atoms with Crippen molar-refractivity contribution >= 4 is 5.69 Å². The Morgan fingerprint density at radius 3 is 2.50 bits per heavy atom. The Bertz CT molecular complexity index is 334. The van der Waals surface area contributed by atoms with Gasteiger partial charge in [0.25, 0.3) is 0 Å². The van der Waals surface area contributed by atoms with Gasteiger partial charge in [-0.15, -0.1) is 0 Å². The van der Waals surface area contributed by atoms with Gasteiger partial charge in [-0.1, -0.05) is 51.2 Å². The molecule has 0 saturated carbocycles. The van der Waals surface area contributed by atoms with Crippen LogP contribution < -0.4 is 11.1 Å². The third kappa shape index (κ3) is 6.06. The number of unbranched alkanes of at least 4 members (excludes halogenated alkanes) is 5. The molecule has 1 aromatic rings. The van der Waals surface area contributed by atoms with Crippen LogP contribution in [-0.4, -0.2) is 6.54 Å². The maximum atomic E-state index is 5.80. The van der Waals surface area contributed by atoms with E-state index in [1.807, 2.05) is 6.07 Å². The highest BCUT2D eigenvalue weighted by molar-refractivity contribution is 5.47. The lowest BCUT2D eigenvalue weighted by molar-refractivity contribution is 0.572. The summed E-state index contributed by atoms with van der Waals surface area (Å²) < 4.78 is 0. The molecule has 0 heterocycles. The van der Waals surface area contributed by atoms with Gasteiger partial charge in [-0.25, -0.2) is 0 Å². The second-order valence-corrected chi connectivity index (χ2v) is 5.14. The monoisotopic (exact) mass is 248 g/mol. The Labute approximate surface area is 112 Å². The number of hydrogen-bond donors (Lipinski definition) is 2. The van der Waals surface area contributed by atoms with Gasteiger partial charge in [0.2, 0.25) is 0 Å². The van der Waals surface area contributed by atoms with E-state index in [1.54, 1.807) is 0 Å². The van der Waals surface area contributed by atoms with Crippen LogP contribution in [0.4, 0.5) is 5.69 Å². The Morgan fingerprint density at radius 1 is 1.06 bits per heavy atom. The number of nitrogen functional groups attached to an aromatic ring is 1. The third-order valence-corrected chi connectivity index (χ3v) is 3.37. The minimum atomic E-state index is 0.884. The first kappa shape index (κ1) is 15.0. The molecular weight excluding hydrogens is 220 g/mol. The Balaban J connectivity index is 2.05. The van der Waals surface area contributed by atoms with Crippen LogP contribution in [0.1, 0.15) is 56.6 Å². The van der Waals surface area contributed by atoms with Gasteiger partial charge < -0.3 is 11.1 Å². The highest BCUT2D eigenvalue weighted by atomic mass is 14.8. The molecular formula is C16H28N2. The van der Waals surface area contributed by atoms with Gasteiger partial charge in [0, 0.05) is 12.2 Å². The molecule has 1 aromatic carbocycles. The SMILES string of the molecule is CCCCCCCCNCc1ccc(N)c(C)c1. The standard InChI is InChI=1S/C16H28N2/c1-3-4-5-6-7-8-11-18-13-15-9-10-16(17)14(2)12-15/h9-10,12,18H,3-8,11,13,17H2,1-2H3. The largest absolute Gasteiger partial charge is 0.399 e. The summed E-state index contributed by atoms with van der Waals surface area (Å²) in [5.41, 5.74) is 9.19. The van der Waals surface area contributed by atoms with Crippen molar-refractivity contribution in [2.75, 3.05) is 12.3 Å². The molecule has 2 nitrogen and oxygen atoms in total. The van der Waals surface area contributed by atoms with E-state index in [1.165, 1.54) is 49.7 Å². The summed E-state index contributed by atoms with van der Waals surface area (Å²) in [6.07, 6.45) is 8.14. The van der Waals surface area contributed by atoms with E-state index in [4.69, 9.17) is 5.73 Å². The van der Waals surface area contributed by atoms with Crippen LogP contribution in [0.25, 0.3) is 0 Å². The smallest absolute Gasteiger partial charge is 0.0343 e. The summed E-state index contributed by atoms with van der Waals surface area (Å²) in [6, 6.07) is 6.28. The van der Waals surface area contributed by atoms with E-state index >= 15 is 0 Å². The predicted octanol–water partition coefficient (Wildman–Crippen LogP) is 4.03. The minimum Gasteiger partial charge on any atom is -0.399 e. The first-order valence-corrected chi connectivity index (χ1v) is 7.29. The summed E-state index contributed by atoms with van der Waals surface area (Å²) in [7, 11) is 0. The van der Waals surface area contributed by atoms with Crippen molar-refractivity contribution in [2.45, 2.75) is 58.9 Å². The van der Waals surface area contributed by atoms with E-state index in [-0.39, 0.29) is 0 Å². The predicted molar refractivity (Wildman–Crippen MR) is 80.7 cm³/mol. The maximum Gasteiger partial charge on any atom is 0.0343 e. The maximum absolute atomic E-state index is 5.80. The van der Waals surface area contributed by atoms with Crippen molar-refractivity contribution in [3.8, 4) is 0 Å². The Morgan fingerprint density at radius 2 is 1.78 bits per heavy atom. The Kier molecular flexibility index (Phi) is 7.51. The first-order chi connectivity index (χ1) is 8.74. The molecule has 18 heavy (non-hydrogen) atoms. The number of nitrogens with one attached hydrogen (secondary N) is 1. The number of anilines is 1. The van der Waals surface area contributed by atoms with Gasteiger partial charge in [-0.2, -0.15) is 0 Å². The lowest BCUT2D eigenvalue weighted by atomic mass is 10.1. The van der Waals surface area contributed by atoms with E-state index in [0.29, 0.717) is 0 Å². The number of rotatable bonds is 9. The van der Waals surface area contributed by atoms with Crippen LogP contribution in [0, 0.1) is 6.92 Å². The lowest BCUT2D eigenvalue weighted by Gasteiger charge is -2.07. The fourth-order valence-corrected chi connectivity index (χ4v) is 2.11. The van der Waals surface area contributed by atoms with Crippen LogP contribution in [0.3, 0.4) is 0 Å². The highest BCUT2D eigenvalue weighted by Crippen LogP contribution is 2.12. The molecule has 0 aliphatic rings. The summed E-state index contributed by atoms with van der Waals surface area (Å²) in [5.74, 6) is 0. The molecule has 102 valence electrons. The third-order valence-electron chi connectivity index (χ3n) is 3.37. The van der Waals surface area contributed by atoms with Crippen LogP contribution in [-0.2, 0) is 6.54 Å². The minimum absolute atomic E-state index is 0.884. The highest BCUT2D eigenvalue weighted by Gasteiger charge is 1.96. The zero-order valence-corrected chi connectivity index (χ0v) is 12.0. The fraction of sp³-hybridized carbons (Fsp3) is 0.625. The number of benzene rings is 1. The summed E-state index contributed by atoms with van der Waals surface area (Å²) in [5, 5.41) is 3.50. The van der Waals surface area contributed by atoms with Crippen molar-refractivity contribution < 1.29 is 0 Å². The molecule has 0 aliphatic heterocycles. The second-order valence-electron chi connectivity index (χ2n) is 5.14. The van der Waals surface area contributed by atoms with Crippen molar-refractivity contribution in [2.24, 2.45) is 0 Å². The molecule has 0 aliphatic carbocycles. The lowest BCUT2D eigenvalue weighted by Crippen LogP contribution is -2.14. The molecule has 0 saturated heterocycles. The van der Waals surface area contributed by atoms with Gasteiger partial charge in [0.05, 0.1) is 0 Å². The number of nitrogens with two attached hydrogens (primary N) is 1. The van der Waals surface area contributed by atoms with Crippen LogP contribution >= 0.6 is 0 Å². The van der Waals surface area contributed by atoms with Gasteiger partial charge >= 0.3 is 0 Å². The van der Waals surface area contributed by atoms with E-state index in [2.05, 4.69) is 31.3 Å². The van der Waals surface area contributed by atoms with Crippen molar-refractivity contribution in [1.82, 2.24) is 5.32 Å². The van der Waals surface area contributed by atoms with Crippen molar-refractivity contribution in [3.05, 3.63) is 29.3 Å². The molecule has 0 radical (unpaired) electrons. The van der Waals surface area contributed by atoms with Crippen LogP contribution in [0.5, 0.6) is 0 Å². The van der Waals surface area contributed by atoms with Crippen molar-refractivity contribution in [1.29, 1.82) is 0 Å². The zero-order chi connectivity index (χ0) is 13.2. The molecule has 3 N–H and O–H groups in total. The van der Waals surface area contributed by atoms with Gasteiger partial charge in [-0.3, -0.25) is 0 Å². The van der Waals surface area contributed by atoms with Gasteiger partial charge in [0.15, 0.2) is 0 Å². The van der Waals surface area contributed by atoms with E-state index in [9.17, 15) is 0 Å². The average molecular weight is 248 g/mol. The summed E-state index contributed by atoms with van der Waals surface area (Å²) >= 11 is 0. The molecule has 0 bridgehead atoms. The first-order valence-electron chi connectivity index (χ1n) is 7.29. The number of aryl methyl sites for hydroxylation is 1. The van der Waals surface area contributed by atoms with Crippen LogP contribution in [0.15, 0.2) is 18.2 Å². The molecule has 0 spiro atoms. The van der Waals surface area contributed by atoms with E-state index in [0.717, 1.165) is 18.8 Å². The average Bonchev–Trinajstić information content (AvgIpc) is 2.37. The topological polar surface area (TPSA) is 38.0 Å². The van der Waals surface area contributed by atoms with Crippen molar-refractivity contribution in [3.63, 3.8) is 0 Å². The quantitative estimate of drug-likeness (QED) is 0.511. The van der Waals surface area contributed by atoms with Gasteiger partial charge in [-0.05, 0) is 37.1 Å². The molecule has 0 amide bonds. The molecule has 2 heteroatoms. The summed E-state index contributed by atoms with van der Waals surface area (Å²) in [4.78, 5) is 0. The zero-order valence-electron chi connectivity index (χ0n) is 12.0. The Hall–Kier alpha value is -1.02. The van der Waals surface area contributed by atoms with E-state index < -0.39 is 0 Å².